The van der Waals surface area contributed by atoms with Crippen molar-refractivity contribution in [2.24, 2.45) is 0 Å². The Labute approximate surface area is 126 Å². The molecule has 1 aromatic heterocycles. The molecule has 20 heavy (non-hydrogen) atoms. The zero-order chi connectivity index (χ0) is 14.5. The van der Waals surface area contributed by atoms with Gasteiger partial charge in [-0.05, 0) is 31.0 Å². The third kappa shape index (κ3) is 3.74. The maximum absolute atomic E-state index is 11.4. The van der Waals surface area contributed by atoms with E-state index in [9.17, 15) is 4.79 Å². The third-order valence-corrected chi connectivity index (χ3v) is 3.43. The summed E-state index contributed by atoms with van der Waals surface area (Å²) in [4.78, 5) is 11.4. The lowest BCUT2D eigenvalue weighted by molar-refractivity contribution is 0.0514. The Bertz CT molecular complexity index is 610. The normalized spacial score (nSPS) is 10.6. The monoisotopic (exact) mass is 313 g/mol. The molecule has 6 heteroatoms. The van der Waals surface area contributed by atoms with Crippen molar-refractivity contribution in [3.8, 4) is 0 Å². The summed E-state index contributed by atoms with van der Waals surface area (Å²) in [6, 6.07) is 7.06. The molecule has 0 unspecified atom stereocenters. The van der Waals surface area contributed by atoms with E-state index in [1.54, 1.807) is 19.1 Å². The third-order valence-electron chi connectivity index (χ3n) is 2.69. The molecule has 0 aliphatic rings. The van der Waals surface area contributed by atoms with Crippen LogP contribution in [0.5, 0.6) is 0 Å². The molecule has 106 valence electrons. The lowest BCUT2D eigenvalue weighted by Crippen LogP contribution is -2.04. The van der Waals surface area contributed by atoms with Crippen molar-refractivity contribution in [3.05, 3.63) is 51.3 Å². The number of rotatable bonds is 5. The Morgan fingerprint density at radius 1 is 1.25 bits per heavy atom. The molecule has 0 N–H and O–H groups in total. The van der Waals surface area contributed by atoms with E-state index < -0.39 is 5.97 Å². The smallest absolute Gasteiger partial charge is 0.360 e. The largest absolute Gasteiger partial charge is 0.461 e. The molecule has 0 bridgehead atoms. The number of ether oxygens (including phenoxy) is 1. The molecule has 0 fully saturated rings. The molecule has 0 aliphatic carbocycles. The first-order chi connectivity index (χ1) is 9.60. The second-order valence-electron chi connectivity index (χ2n) is 4.15. The number of halogens is 2. The van der Waals surface area contributed by atoms with Gasteiger partial charge in [-0.3, -0.25) is 0 Å². The van der Waals surface area contributed by atoms with Gasteiger partial charge < -0.3 is 9.26 Å². The van der Waals surface area contributed by atoms with Gasteiger partial charge in [0.1, 0.15) is 5.76 Å². The van der Waals surface area contributed by atoms with E-state index in [0.717, 1.165) is 5.56 Å². The number of hydrogen-bond donors (Lipinski definition) is 0. The Hall–Kier alpha value is -1.52. The van der Waals surface area contributed by atoms with Crippen molar-refractivity contribution in [2.45, 2.75) is 19.8 Å². The molecule has 0 aliphatic heterocycles. The molecule has 4 nitrogen and oxygen atoms in total. The van der Waals surface area contributed by atoms with E-state index in [0.29, 0.717) is 35.3 Å². The zero-order valence-corrected chi connectivity index (χ0v) is 12.4. The van der Waals surface area contributed by atoms with Crippen LogP contribution in [0, 0.1) is 0 Å². The summed E-state index contributed by atoms with van der Waals surface area (Å²) in [6.45, 7) is 2.05. The van der Waals surface area contributed by atoms with E-state index in [-0.39, 0.29) is 5.69 Å². The van der Waals surface area contributed by atoms with Crippen LogP contribution in [0.15, 0.2) is 28.8 Å². The first-order valence-electron chi connectivity index (χ1n) is 6.16. The van der Waals surface area contributed by atoms with Gasteiger partial charge in [-0.25, -0.2) is 4.79 Å². The summed E-state index contributed by atoms with van der Waals surface area (Å²) in [7, 11) is 0. The molecule has 1 heterocycles. The predicted octanol–water partition coefficient (Wildman–Crippen LogP) is 3.94. The van der Waals surface area contributed by atoms with Crippen LogP contribution in [0.25, 0.3) is 0 Å². The SMILES string of the molecule is CCOC(=O)c1cc(CCc2ccc(Cl)c(Cl)c2)on1. The van der Waals surface area contributed by atoms with E-state index in [1.165, 1.54) is 0 Å². The van der Waals surface area contributed by atoms with Crippen LogP contribution >= 0.6 is 23.2 Å². The van der Waals surface area contributed by atoms with Crippen molar-refractivity contribution < 1.29 is 14.1 Å². The molecule has 0 amide bonds. The van der Waals surface area contributed by atoms with Gasteiger partial charge in [0, 0.05) is 12.5 Å². The van der Waals surface area contributed by atoms with Crippen molar-refractivity contribution in [3.63, 3.8) is 0 Å². The maximum atomic E-state index is 11.4. The number of carbonyl (C=O) groups excluding carboxylic acids is 1. The molecule has 2 aromatic rings. The molecular weight excluding hydrogens is 301 g/mol. The van der Waals surface area contributed by atoms with E-state index >= 15 is 0 Å². The number of hydrogen-bond acceptors (Lipinski definition) is 4. The number of esters is 1. The lowest BCUT2D eigenvalue weighted by Gasteiger charge is -2.01. The first-order valence-corrected chi connectivity index (χ1v) is 6.92. The average Bonchev–Trinajstić information content (AvgIpc) is 2.89. The highest BCUT2D eigenvalue weighted by atomic mass is 35.5. The van der Waals surface area contributed by atoms with Gasteiger partial charge in [0.15, 0.2) is 5.69 Å². The molecular formula is C14H13Cl2NO3. The minimum atomic E-state index is -0.475. The number of carbonyl (C=O) groups is 1. The van der Waals surface area contributed by atoms with Crippen molar-refractivity contribution in [2.75, 3.05) is 6.61 Å². The molecule has 0 atom stereocenters. The summed E-state index contributed by atoms with van der Waals surface area (Å²) < 4.78 is 9.94. The first kappa shape index (κ1) is 14.9. The second-order valence-corrected chi connectivity index (χ2v) is 4.96. The van der Waals surface area contributed by atoms with Crippen LogP contribution in [0.2, 0.25) is 10.0 Å². The highest BCUT2D eigenvalue weighted by Gasteiger charge is 2.13. The lowest BCUT2D eigenvalue weighted by atomic mass is 10.1. The fourth-order valence-electron chi connectivity index (χ4n) is 1.69. The summed E-state index contributed by atoms with van der Waals surface area (Å²) in [5.41, 5.74) is 1.23. The molecule has 2 rings (SSSR count). The molecule has 0 saturated carbocycles. The summed E-state index contributed by atoms with van der Waals surface area (Å²) in [5, 5.41) is 4.73. The van der Waals surface area contributed by atoms with Crippen LogP contribution in [0.1, 0.15) is 28.7 Å². The minimum absolute atomic E-state index is 0.191. The van der Waals surface area contributed by atoms with Gasteiger partial charge >= 0.3 is 5.97 Å². The molecule has 0 radical (unpaired) electrons. The number of nitrogens with zero attached hydrogens (tertiary/aromatic N) is 1. The standard InChI is InChI=1S/C14H13Cl2NO3/c1-2-19-14(18)13-8-10(20-17-13)5-3-9-4-6-11(15)12(16)7-9/h4,6-8H,2-3,5H2,1H3. The van der Waals surface area contributed by atoms with E-state index in [2.05, 4.69) is 5.16 Å². The summed E-state index contributed by atoms with van der Waals surface area (Å²) in [6.07, 6.45) is 1.33. The highest BCUT2D eigenvalue weighted by molar-refractivity contribution is 6.42. The quantitative estimate of drug-likeness (QED) is 0.784. The maximum Gasteiger partial charge on any atom is 0.360 e. The van der Waals surface area contributed by atoms with Gasteiger partial charge in [-0.15, -0.1) is 0 Å². The highest BCUT2D eigenvalue weighted by Crippen LogP contribution is 2.23. The van der Waals surface area contributed by atoms with Gasteiger partial charge in [0.2, 0.25) is 0 Å². The minimum Gasteiger partial charge on any atom is -0.461 e. The van der Waals surface area contributed by atoms with E-state index in [4.69, 9.17) is 32.5 Å². The van der Waals surface area contributed by atoms with Crippen LogP contribution in [-0.2, 0) is 17.6 Å². The zero-order valence-electron chi connectivity index (χ0n) is 10.9. The number of aryl methyl sites for hydroxylation is 2. The Kier molecular flexibility index (Phi) is 5.04. The van der Waals surface area contributed by atoms with Crippen molar-refractivity contribution in [1.82, 2.24) is 5.16 Å². The van der Waals surface area contributed by atoms with Crippen LogP contribution in [-0.4, -0.2) is 17.7 Å². The van der Waals surface area contributed by atoms with Crippen molar-refractivity contribution in [1.29, 1.82) is 0 Å². The Balaban J connectivity index is 1.97. The molecule has 0 spiro atoms. The predicted molar refractivity (Wildman–Crippen MR) is 76.3 cm³/mol. The van der Waals surface area contributed by atoms with Crippen molar-refractivity contribution >= 4 is 29.2 Å². The van der Waals surface area contributed by atoms with Gasteiger partial charge in [-0.2, -0.15) is 0 Å². The fraction of sp³-hybridized carbons (Fsp3) is 0.286. The Morgan fingerprint density at radius 2 is 2.05 bits per heavy atom. The van der Waals surface area contributed by atoms with Gasteiger partial charge in [-0.1, -0.05) is 34.4 Å². The Morgan fingerprint density at radius 3 is 2.75 bits per heavy atom. The van der Waals surface area contributed by atoms with E-state index in [1.807, 2.05) is 12.1 Å². The fourth-order valence-corrected chi connectivity index (χ4v) is 2.02. The van der Waals surface area contributed by atoms with Gasteiger partial charge in [0.05, 0.1) is 16.7 Å². The van der Waals surface area contributed by atoms with Gasteiger partial charge in [0.25, 0.3) is 0 Å². The van der Waals surface area contributed by atoms with Crippen LogP contribution in [0.3, 0.4) is 0 Å². The summed E-state index contributed by atoms with van der Waals surface area (Å²) in [5.74, 6) is 0.149. The van der Waals surface area contributed by atoms with Crippen LogP contribution < -0.4 is 0 Å². The molecule has 1 aromatic carbocycles. The number of aromatic nitrogens is 1. The summed E-state index contributed by atoms with van der Waals surface area (Å²) >= 11 is 11.8. The second kappa shape index (κ2) is 6.77. The van der Waals surface area contributed by atoms with Crippen LogP contribution in [0.4, 0.5) is 0 Å². The topological polar surface area (TPSA) is 52.3 Å². The molecule has 0 saturated heterocycles. The number of benzene rings is 1. The average molecular weight is 314 g/mol.